The first-order valence-electron chi connectivity index (χ1n) is 13.8. The number of likely N-dealkylation sites (tertiary alicyclic amines) is 1. The summed E-state index contributed by atoms with van der Waals surface area (Å²) < 4.78 is 17.6. The van der Waals surface area contributed by atoms with Gasteiger partial charge in [-0.3, -0.25) is 4.79 Å². The molecular formula is C31H36N4O4S2. The van der Waals surface area contributed by atoms with Gasteiger partial charge >= 0.3 is 0 Å². The number of aromatic nitrogens is 2. The first-order valence-corrected chi connectivity index (χ1v) is 15.9. The Kier molecular flexibility index (Phi) is 9.51. The zero-order valence-corrected chi connectivity index (χ0v) is 25.2. The molecule has 0 spiro atoms. The molecule has 1 aromatic heterocycles. The van der Waals surface area contributed by atoms with Gasteiger partial charge in [0, 0.05) is 23.9 Å². The number of aromatic amines is 1. The number of nitrogens with one attached hydrogen (secondary N) is 1. The fraction of sp³-hybridized carbons (Fsp3) is 0.355. The number of carbonyl (C=O) groups excluding carboxylic acids is 1. The zero-order valence-electron chi connectivity index (χ0n) is 23.6. The summed E-state index contributed by atoms with van der Waals surface area (Å²) in [7, 11) is 1.55. The molecule has 41 heavy (non-hydrogen) atoms. The van der Waals surface area contributed by atoms with Crippen molar-refractivity contribution in [2.45, 2.75) is 37.3 Å². The molecule has 4 aromatic rings. The monoisotopic (exact) mass is 592 g/mol. The number of H-pyrrole nitrogens is 1. The summed E-state index contributed by atoms with van der Waals surface area (Å²) in [5, 5.41) is 0. The molecule has 1 fully saturated rings. The summed E-state index contributed by atoms with van der Waals surface area (Å²) in [6, 6.07) is 19.1. The second-order valence-corrected chi connectivity index (χ2v) is 12.7. The summed E-state index contributed by atoms with van der Waals surface area (Å²) in [6.07, 6.45) is 2.00. The van der Waals surface area contributed by atoms with Crippen molar-refractivity contribution in [3.8, 4) is 28.6 Å². The molecule has 1 saturated heterocycles. The summed E-state index contributed by atoms with van der Waals surface area (Å²) >= 11 is 3.82. The van der Waals surface area contributed by atoms with E-state index in [0.717, 1.165) is 53.3 Å². The van der Waals surface area contributed by atoms with Crippen molar-refractivity contribution in [2.75, 3.05) is 37.7 Å². The van der Waals surface area contributed by atoms with Gasteiger partial charge in [-0.25, -0.2) is 4.98 Å². The molecular weight excluding hydrogens is 556 g/mol. The van der Waals surface area contributed by atoms with Crippen molar-refractivity contribution in [3.63, 3.8) is 0 Å². The lowest BCUT2D eigenvalue weighted by atomic mass is 10.1. The highest BCUT2D eigenvalue weighted by molar-refractivity contribution is 8.17. The summed E-state index contributed by atoms with van der Waals surface area (Å²) in [6.45, 7) is 5.01. The molecule has 10 heteroatoms. The zero-order chi connectivity index (χ0) is 28.8. The molecule has 0 aliphatic carbocycles. The van der Waals surface area contributed by atoms with Gasteiger partial charge in [-0.05, 0) is 66.8 Å². The number of nitrogens with two attached hydrogens (primary N) is 1. The van der Waals surface area contributed by atoms with Gasteiger partial charge in [0.05, 0.1) is 34.3 Å². The van der Waals surface area contributed by atoms with E-state index in [2.05, 4.69) is 23.8 Å². The van der Waals surface area contributed by atoms with Crippen LogP contribution in [-0.4, -0.2) is 63.4 Å². The minimum atomic E-state index is -0.0611. The van der Waals surface area contributed by atoms with Crippen molar-refractivity contribution in [1.29, 1.82) is 0 Å². The normalized spacial score (nSPS) is 15.0. The van der Waals surface area contributed by atoms with Crippen LogP contribution in [0, 0.1) is 0 Å². The van der Waals surface area contributed by atoms with Crippen LogP contribution in [0.25, 0.3) is 22.4 Å². The number of hydrogen-bond donors (Lipinski definition) is 2. The van der Waals surface area contributed by atoms with E-state index in [9.17, 15) is 4.79 Å². The summed E-state index contributed by atoms with van der Waals surface area (Å²) in [5.41, 5.74) is 10.1. The van der Waals surface area contributed by atoms with E-state index in [4.69, 9.17) is 19.9 Å². The first-order chi connectivity index (χ1) is 20.0. The number of nitrogens with zero attached hydrogens (tertiary/aromatic N) is 2. The number of methoxy groups -OCH3 is 1. The number of nitrogen functional groups attached to an aromatic ring is 1. The highest BCUT2D eigenvalue weighted by Gasteiger charge is 2.36. The Labute approximate surface area is 249 Å². The molecule has 1 atom stereocenters. The van der Waals surface area contributed by atoms with Gasteiger partial charge in [0.1, 0.15) is 11.6 Å². The largest absolute Gasteiger partial charge is 0.493 e. The lowest BCUT2D eigenvalue weighted by molar-refractivity contribution is 0.0746. The molecule has 0 radical (unpaired) electrons. The molecule has 3 N–H and O–H groups in total. The van der Waals surface area contributed by atoms with Gasteiger partial charge in [0.2, 0.25) is 6.79 Å². The quantitative estimate of drug-likeness (QED) is 0.139. The van der Waals surface area contributed by atoms with Gasteiger partial charge in [0.15, 0.2) is 11.5 Å². The third-order valence-electron chi connectivity index (χ3n) is 7.06. The molecule has 0 bridgehead atoms. The van der Waals surface area contributed by atoms with Crippen LogP contribution in [0.4, 0.5) is 5.69 Å². The van der Waals surface area contributed by atoms with Crippen LogP contribution in [0.2, 0.25) is 0 Å². The maximum Gasteiger partial charge on any atom is 0.256 e. The smallest absolute Gasteiger partial charge is 0.256 e. The predicted molar refractivity (Wildman–Crippen MR) is 169 cm³/mol. The van der Waals surface area contributed by atoms with E-state index >= 15 is 0 Å². The van der Waals surface area contributed by atoms with Crippen molar-refractivity contribution in [1.82, 2.24) is 14.9 Å². The van der Waals surface area contributed by atoms with Crippen LogP contribution in [0.15, 0.2) is 60.7 Å². The second kappa shape index (κ2) is 13.4. The highest BCUT2D eigenvalue weighted by Crippen LogP contribution is 2.38. The van der Waals surface area contributed by atoms with E-state index in [1.165, 1.54) is 0 Å². The minimum absolute atomic E-state index is 0.0502. The SMILES string of the molecule is CCSC(SCC)C1CCCN1C(=O)c1cc(OC)c(OCOc2ccc(-c3nc4ccccc4[nH]3)cc2)cc1N. The van der Waals surface area contributed by atoms with Gasteiger partial charge in [-0.1, -0.05) is 26.0 Å². The van der Waals surface area contributed by atoms with Gasteiger partial charge in [-0.15, -0.1) is 23.5 Å². The fourth-order valence-corrected chi connectivity index (χ4v) is 7.94. The molecule has 1 unspecified atom stereocenters. The van der Waals surface area contributed by atoms with Crippen LogP contribution in [0.1, 0.15) is 37.0 Å². The van der Waals surface area contributed by atoms with E-state index in [-0.39, 0.29) is 18.7 Å². The summed E-state index contributed by atoms with van der Waals surface area (Å²) in [5.74, 6) is 4.27. The van der Waals surface area contributed by atoms with E-state index in [1.807, 2.05) is 77.0 Å². The number of carbonyl (C=O) groups is 1. The molecule has 1 amide bonds. The van der Waals surface area contributed by atoms with Crippen LogP contribution in [0.3, 0.4) is 0 Å². The molecule has 216 valence electrons. The molecule has 5 rings (SSSR count). The number of benzene rings is 3. The number of amides is 1. The van der Waals surface area contributed by atoms with Crippen molar-refractivity contribution >= 4 is 46.2 Å². The van der Waals surface area contributed by atoms with E-state index < -0.39 is 0 Å². The number of fused-ring (bicyclic) bond motifs is 1. The van der Waals surface area contributed by atoms with Crippen LogP contribution in [-0.2, 0) is 0 Å². The molecule has 2 heterocycles. The standard InChI is InChI=1S/C31H36N4O4S2/c1-4-40-31(41-5-2)26-11-8-16-35(26)30(36)22-17-27(37-3)28(18-23(22)32)39-19-38-21-14-12-20(13-15-21)29-33-24-9-6-7-10-25(24)34-29/h6-7,9-10,12-15,17-18,26,31H,4-5,8,11,16,19,32H2,1-3H3,(H,33,34). The predicted octanol–water partition coefficient (Wildman–Crippen LogP) is 6.67. The maximum atomic E-state index is 13.7. The minimum Gasteiger partial charge on any atom is -0.493 e. The Hall–Kier alpha value is -3.50. The number of anilines is 1. The number of ether oxygens (including phenoxy) is 3. The van der Waals surface area contributed by atoms with Crippen LogP contribution in [0.5, 0.6) is 17.2 Å². The van der Waals surface area contributed by atoms with Crippen molar-refractivity contribution in [2.24, 2.45) is 0 Å². The van der Waals surface area contributed by atoms with Gasteiger partial charge < -0.3 is 29.8 Å². The van der Waals surface area contributed by atoms with E-state index in [0.29, 0.717) is 33.1 Å². The number of hydrogen-bond acceptors (Lipinski definition) is 8. The fourth-order valence-electron chi connectivity index (χ4n) is 5.07. The molecule has 0 saturated carbocycles. The molecule has 3 aromatic carbocycles. The van der Waals surface area contributed by atoms with Crippen LogP contribution >= 0.6 is 23.5 Å². The first kappa shape index (κ1) is 29.0. The average molecular weight is 593 g/mol. The van der Waals surface area contributed by atoms with Crippen molar-refractivity contribution in [3.05, 3.63) is 66.2 Å². The Balaban J connectivity index is 1.23. The van der Waals surface area contributed by atoms with Crippen LogP contribution < -0.4 is 19.9 Å². The average Bonchev–Trinajstić information content (AvgIpc) is 3.65. The Morgan fingerprint density at radius 2 is 1.83 bits per heavy atom. The van der Waals surface area contributed by atoms with Crippen molar-refractivity contribution < 1.29 is 19.0 Å². The molecule has 1 aliphatic heterocycles. The van der Waals surface area contributed by atoms with Gasteiger partial charge in [-0.2, -0.15) is 0 Å². The molecule has 1 aliphatic rings. The number of rotatable bonds is 12. The topological polar surface area (TPSA) is 103 Å². The number of thioether (sulfide) groups is 2. The highest BCUT2D eigenvalue weighted by atomic mass is 32.2. The Bertz CT molecular complexity index is 1440. The van der Waals surface area contributed by atoms with Gasteiger partial charge in [0.25, 0.3) is 5.91 Å². The maximum absolute atomic E-state index is 13.7. The summed E-state index contributed by atoms with van der Waals surface area (Å²) in [4.78, 5) is 23.6. The molecule has 8 nitrogen and oxygen atoms in total. The lowest BCUT2D eigenvalue weighted by Crippen LogP contribution is -2.41. The Morgan fingerprint density at radius 1 is 1.07 bits per heavy atom. The lowest BCUT2D eigenvalue weighted by Gasteiger charge is -2.31. The third-order valence-corrected chi connectivity index (χ3v) is 9.83. The second-order valence-electron chi connectivity index (χ2n) is 9.61. The number of para-hydroxylation sites is 2. The van der Waals surface area contributed by atoms with E-state index in [1.54, 1.807) is 19.2 Å². The third kappa shape index (κ3) is 6.54. The number of imidazole rings is 1. The Morgan fingerprint density at radius 3 is 2.54 bits per heavy atom.